The van der Waals surface area contributed by atoms with Gasteiger partial charge < -0.3 is 16.6 Å². The number of Topliss-reactive ketones (excluding diaryl/α,β-unsaturated/α-hetero) is 1. The molecule has 0 aliphatic carbocycles. The summed E-state index contributed by atoms with van der Waals surface area (Å²) in [5.41, 5.74) is 14.2. The lowest BCUT2D eigenvalue weighted by molar-refractivity contribution is 0.0976. The molecule has 0 amide bonds. The quantitative estimate of drug-likeness (QED) is 0.606. The second-order valence-electron chi connectivity index (χ2n) is 5.50. The highest BCUT2D eigenvalue weighted by molar-refractivity contribution is 7.21. The molecule has 7 heteroatoms. The third-order valence-electron chi connectivity index (χ3n) is 3.89. The summed E-state index contributed by atoms with van der Waals surface area (Å²) >= 11 is 1.17. The molecule has 0 unspecified atom stereocenters. The number of pyridine rings is 1. The van der Waals surface area contributed by atoms with Crippen molar-refractivity contribution in [1.82, 2.24) is 4.98 Å². The number of nitrogens with two attached hydrogens (primary N) is 2. The Morgan fingerprint density at radius 2 is 2.00 bits per heavy atom. The summed E-state index contributed by atoms with van der Waals surface area (Å²) in [6, 6.07) is 11.4. The Balaban J connectivity index is 2.31. The number of nitrogen functional groups attached to an aromatic ring is 2. The van der Waals surface area contributed by atoms with Crippen LogP contribution in [-0.4, -0.2) is 22.5 Å². The first kappa shape index (κ1) is 16.9. The van der Waals surface area contributed by atoms with Gasteiger partial charge in [-0.15, -0.1) is 11.3 Å². The van der Waals surface area contributed by atoms with E-state index in [-0.39, 0.29) is 30.2 Å². The highest BCUT2D eigenvalue weighted by Crippen LogP contribution is 2.42. The number of hydrogen-bond acceptors (Lipinski definition) is 7. The van der Waals surface area contributed by atoms with Crippen LogP contribution in [0.1, 0.15) is 28.1 Å². The lowest BCUT2D eigenvalue weighted by Crippen LogP contribution is -2.02. The maximum atomic E-state index is 12.4. The van der Waals surface area contributed by atoms with Gasteiger partial charge >= 0.3 is 0 Å². The molecule has 2 heterocycles. The van der Waals surface area contributed by atoms with E-state index in [4.69, 9.17) is 16.6 Å². The van der Waals surface area contributed by atoms with E-state index in [1.54, 1.807) is 0 Å². The van der Waals surface area contributed by atoms with Crippen molar-refractivity contribution in [2.45, 2.75) is 12.8 Å². The number of aromatic nitrogens is 1. The minimum absolute atomic E-state index is 0.0599. The molecule has 0 aliphatic heterocycles. The van der Waals surface area contributed by atoms with Gasteiger partial charge in [0.15, 0.2) is 5.78 Å². The molecule has 126 valence electrons. The fraction of sp³-hybridized carbons (Fsp3) is 0.167. The second kappa shape index (κ2) is 6.89. The van der Waals surface area contributed by atoms with Crippen molar-refractivity contribution in [2.75, 3.05) is 18.1 Å². The van der Waals surface area contributed by atoms with Gasteiger partial charge in [-0.05, 0) is 12.0 Å². The number of fused-ring (bicyclic) bond motifs is 1. The standard InChI is InChI=1S/C18H16N4O2S/c19-9-11-13(10-5-2-1-3-6-10)14-15(20)16(12(24)7-4-8-23)25-18(14)22-17(11)21/h1-3,5-6,23H,4,7-8,20H2,(H2,21,22). The molecule has 5 N–H and O–H groups in total. The number of carbonyl (C=O) groups excluding carboxylic acids is 1. The van der Waals surface area contributed by atoms with Crippen LogP contribution >= 0.6 is 11.3 Å². The highest BCUT2D eigenvalue weighted by atomic mass is 32.1. The van der Waals surface area contributed by atoms with Gasteiger partial charge in [-0.1, -0.05) is 30.3 Å². The van der Waals surface area contributed by atoms with E-state index in [0.717, 1.165) is 5.56 Å². The van der Waals surface area contributed by atoms with E-state index < -0.39 is 0 Å². The molecular formula is C18H16N4O2S. The van der Waals surface area contributed by atoms with Gasteiger partial charge in [0.05, 0.1) is 10.6 Å². The van der Waals surface area contributed by atoms with Crippen LogP contribution in [-0.2, 0) is 0 Å². The molecule has 3 rings (SSSR count). The van der Waals surface area contributed by atoms with Crippen molar-refractivity contribution in [3.8, 4) is 17.2 Å². The smallest absolute Gasteiger partial charge is 0.175 e. The van der Waals surface area contributed by atoms with Gasteiger partial charge in [-0.25, -0.2) is 4.98 Å². The number of rotatable bonds is 5. The molecule has 2 aromatic heterocycles. The van der Waals surface area contributed by atoms with Crippen molar-refractivity contribution in [3.63, 3.8) is 0 Å². The number of aliphatic hydroxyl groups is 1. The number of anilines is 2. The Kier molecular flexibility index (Phi) is 4.65. The molecular weight excluding hydrogens is 336 g/mol. The summed E-state index contributed by atoms with van der Waals surface area (Å²) in [7, 11) is 0. The molecule has 1 aromatic carbocycles. The monoisotopic (exact) mass is 352 g/mol. The summed E-state index contributed by atoms with van der Waals surface area (Å²) in [5.74, 6) is -0.0323. The lowest BCUT2D eigenvalue weighted by Gasteiger charge is -2.09. The van der Waals surface area contributed by atoms with Crippen LogP contribution in [0, 0.1) is 11.3 Å². The second-order valence-corrected chi connectivity index (χ2v) is 6.50. The van der Waals surface area contributed by atoms with Crippen LogP contribution < -0.4 is 11.5 Å². The number of aliphatic hydroxyl groups excluding tert-OH is 1. The van der Waals surface area contributed by atoms with Gasteiger partial charge in [0.2, 0.25) is 0 Å². The molecule has 3 aromatic rings. The zero-order valence-corrected chi connectivity index (χ0v) is 14.1. The van der Waals surface area contributed by atoms with Crippen LogP contribution in [0.15, 0.2) is 30.3 Å². The number of thiophene rings is 1. The molecule has 0 saturated carbocycles. The van der Waals surface area contributed by atoms with Gasteiger partial charge in [0.25, 0.3) is 0 Å². The molecule has 0 saturated heterocycles. The van der Waals surface area contributed by atoms with Crippen molar-refractivity contribution >= 4 is 38.8 Å². The van der Waals surface area contributed by atoms with E-state index in [9.17, 15) is 10.1 Å². The first-order valence-electron chi connectivity index (χ1n) is 7.69. The summed E-state index contributed by atoms with van der Waals surface area (Å²) in [5, 5.41) is 19.0. The minimum atomic E-state index is -0.148. The van der Waals surface area contributed by atoms with E-state index in [1.807, 2.05) is 30.3 Å². The van der Waals surface area contributed by atoms with Crippen molar-refractivity contribution in [2.24, 2.45) is 0 Å². The zero-order chi connectivity index (χ0) is 18.0. The Morgan fingerprint density at radius 3 is 2.64 bits per heavy atom. The summed E-state index contributed by atoms with van der Waals surface area (Å²) in [4.78, 5) is 17.6. The Morgan fingerprint density at radius 1 is 1.28 bits per heavy atom. The first-order chi connectivity index (χ1) is 12.1. The van der Waals surface area contributed by atoms with Crippen LogP contribution in [0.25, 0.3) is 21.3 Å². The predicted octanol–water partition coefficient (Wildman–Crippen LogP) is 2.95. The molecule has 6 nitrogen and oxygen atoms in total. The molecule has 0 spiro atoms. The number of carbonyl (C=O) groups is 1. The molecule has 0 aliphatic rings. The number of hydrogen-bond donors (Lipinski definition) is 3. The fourth-order valence-corrected chi connectivity index (χ4v) is 3.82. The van der Waals surface area contributed by atoms with Crippen LogP contribution in [0.5, 0.6) is 0 Å². The zero-order valence-electron chi connectivity index (χ0n) is 13.3. The molecule has 25 heavy (non-hydrogen) atoms. The van der Waals surface area contributed by atoms with E-state index >= 15 is 0 Å². The topological polar surface area (TPSA) is 126 Å². The average Bonchev–Trinajstić information content (AvgIpc) is 2.95. The average molecular weight is 352 g/mol. The largest absolute Gasteiger partial charge is 0.397 e. The molecule has 0 fully saturated rings. The van der Waals surface area contributed by atoms with E-state index in [2.05, 4.69) is 11.1 Å². The number of nitrogens with zero attached hydrogens (tertiary/aromatic N) is 2. The Hall–Kier alpha value is -2.95. The summed E-state index contributed by atoms with van der Waals surface area (Å²) in [6.45, 7) is -0.0599. The van der Waals surface area contributed by atoms with Crippen LogP contribution in [0.4, 0.5) is 11.5 Å². The normalized spacial score (nSPS) is 10.7. The summed E-state index contributed by atoms with van der Waals surface area (Å²) in [6.07, 6.45) is 0.575. The third-order valence-corrected chi connectivity index (χ3v) is 5.03. The summed E-state index contributed by atoms with van der Waals surface area (Å²) < 4.78 is 0. The minimum Gasteiger partial charge on any atom is -0.397 e. The van der Waals surface area contributed by atoms with E-state index in [1.165, 1.54) is 11.3 Å². The van der Waals surface area contributed by atoms with E-state index in [0.29, 0.717) is 32.8 Å². The molecule has 0 radical (unpaired) electrons. The maximum absolute atomic E-state index is 12.4. The SMILES string of the molecule is N#Cc1c(N)nc2sc(C(=O)CCCO)c(N)c2c1-c1ccccc1. The van der Waals surface area contributed by atoms with Gasteiger partial charge in [-0.3, -0.25) is 4.79 Å². The van der Waals surface area contributed by atoms with Gasteiger partial charge in [-0.2, -0.15) is 5.26 Å². The molecule has 0 atom stereocenters. The number of ketones is 1. The third kappa shape index (κ3) is 2.93. The van der Waals surface area contributed by atoms with Crippen molar-refractivity contribution in [3.05, 3.63) is 40.8 Å². The lowest BCUT2D eigenvalue weighted by atomic mass is 9.97. The van der Waals surface area contributed by atoms with Crippen LogP contribution in [0.3, 0.4) is 0 Å². The van der Waals surface area contributed by atoms with Gasteiger partial charge in [0.1, 0.15) is 22.3 Å². The van der Waals surface area contributed by atoms with Crippen LogP contribution in [0.2, 0.25) is 0 Å². The van der Waals surface area contributed by atoms with Gasteiger partial charge in [0, 0.05) is 24.0 Å². The predicted molar refractivity (Wildman–Crippen MR) is 99.2 cm³/mol. The Bertz CT molecular complexity index is 990. The van der Waals surface area contributed by atoms with Crippen molar-refractivity contribution in [1.29, 1.82) is 5.26 Å². The molecule has 0 bridgehead atoms. The maximum Gasteiger partial charge on any atom is 0.175 e. The Labute approximate surface area is 148 Å². The number of benzene rings is 1. The first-order valence-corrected chi connectivity index (χ1v) is 8.51. The highest BCUT2D eigenvalue weighted by Gasteiger charge is 2.23. The fourth-order valence-electron chi connectivity index (χ4n) is 2.74. The number of nitriles is 1. The van der Waals surface area contributed by atoms with Crippen molar-refractivity contribution < 1.29 is 9.90 Å².